The van der Waals surface area contributed by atoms with Gasteiger partial charge < -0.3 is 97.6 Å². The van der Waals surface area contributed by atoms with E-state index in [9.17, 15) is 67.6 Å². The zero-order chi connectivity index (χ0) is 62.7. The Labute approximate surface area is 463 Å². The van der Waals surface area contributed by atoms with Gasteiger partial charge in [-0.25, -0.2) is 37.9 Å². The predicted octanol–water partition coefficient (Wildman–Crippen LogP) is -2.57. The van der Waals surface area contributed by atoms with E-state index in [2.05, 4.69) is 60.6 Å². The molecular weight excluding hydrogens is 1110 g/mol. The summed E-state index contributed by atoms with van der Waals surface area (Å²) < 4.78 is 109. The molecule has 0 radical (unpaired) electrons. The number of nitrogens with two attached hydrogens (primary N) is 4. The fourth-order valence-corrected chi connectivity index (χ4v) is 8.91. The van der Waals surface area contributed by atoms with Gasteiger partial charge in [-0.2, -0.15) is 13.8 Å². The summed E-state index contributed by atoms with van der Waals surface area (Å²) >= 11 is 0. The highest BCUT2D eigenvalue weighted by Gasteiger charge is 2.67. The van der Waals surface area contributed by atoms with E-state index in [1.165, 1.54) is 66.0 Å². The van der Waals surface area contributed by atoms with Crippen LogP contribution in [0.2, 0.25) is 0 Å². The van der Waals surface area contributed by atoms with Gasteiger partial charge in [-0.05, 0) is 36.2 Å². The minimum atomic E-state index is -3.64. The molecule has 6 aliphatic rings. The van der Waals surface area contributed by atoms with Crippen molar-refractivity contribution in [2.24, 2.45) is 26.6 Å². The van der Waals surface area contributed by atoms with Crippen LogP contribution < -0.4 is 28.6 Å². The summed E-state index contributed by atoms with van der Waals surface area (Å²) in [4.78, 5) is 35.2. The molecule has 15 atom stereocenters. The van der Waals surface area contributed by atoms with Crippen LogP contribution in [-0.4, -0.2) is 215 Å². The number of hydrogen-bond acceptors (Lipinski definition) is 26. The van der Waals surface area contributed by atoms with Crippen LogP contribution in [0.15, 0.2) is 113 Å². The van der Waals surface area contributed by atoms with E-state index in [1.807, 2.05) is 0 Å². The highest BCUT2D eigenvalue weighted by atomic mass is 19.3. The molecule has 9 heterocycles. The molecule has 446 valence electrons. The van der Waals surface area contributed by atoms with Gasteiger partial charge in [-0.1, -0.05) is 30.3 Å². The highest BCUT2D eigenvalue weighted by molar-refractivity contribution is 5.93. The van der Waals surface area contributed by atoms with E-state index >= 15 is 0 Å². The van der Waals surface area contributed by atoms with Gasteiger partial charge in [0.25, 0.3) is 0 Å². The number of aliphatic hydroxyl groups is 9. The fourth-order valence-electron chi connectivity index (χ4n) is 8.91. The van der Waals surface area contributed by atoms with Crippen molar-refractivity contribution in [3.8, 4) is 12.3 Å². The van der Waals surface area contributed by atoms with Gasteiger partial charge in [0.1, 0.15) is 83.0 Å². The quantitative estimate of drug-likeness (QED) is 0.0209. The third-order valence-corrected chi connectivity index (χ3v) is 13.4. The lowest BCUT2D eigenvalue weighted by molar-refractivity contribution is -0.154. The third-order valence-electron chi connectivity index (χ3n) is 13.4. The molecule has 4 fully saturated rings. The van der Waals surface area contributed by atoms with E-state index in [-0.39, 0.29) is 41.2 Å². The first-order chi connectivity index (χ1) is 39.4. The molecule has 0 saturated carbocycles. The second-order valence-electron chi connectivity index (χ2n) is 18.5. The number of aliphatic hydroxyl groups excluding tert-OH is 8. The number of amidine groups is 2. The topological polar surface area (TPSA) is 469 Å². The van der Waals surface area contributed by atoms with Crippen molar-refractivity contribution in [3.05, 3.63) is 114 Å². The number of halogens is 5. The first-order valence-electron chi connectivity index (χ1n) is 24.8. The van der Waals surface area contributed by atoms with Crippen LogP contribution in [0, 0.1) is 12.3 Å². The van der Waals surface area contributed by atoms with Crippen molar-refractivity contribution in [2.45, 2.75) is 103 Å². The summed E-state index contributed by atoms with van der Waals surface area (Å²) in [6.45, 7) is 2.94. The van der Waals surface area contributed by atoms with Gasteiger partial charge in [-0.3, -0.25) is 9.13 Å². The summed E-state index contributed by atoms with van der Waals surface area (Å²) in [6, 6.07) is 2.86. The van der Waals surface area contributed by atoms with Crippen molar-refractivity contribution >= 4 is 34.3 Å². The van der Waals surface area contributed by atoms with Gasteiger partial charge in [-0.15, -0.1) is 13.0 Å². The normalized spacial score (nSPS) is 34.9. The molecule has 1 unspecified atom stereocenters. The van der Waals surface area contributed by atoms with Crippen molar-refractivity contribution in [1.29, 1.82) is 0 Å². The molecule has 17 N–H and O–H groups in total. The molecule has 0 amide bonds. The van der Waals surface area contributed by atoms with Crippen LogP contribution >= 0.6 is 0 Å². The Morgan fingerprint density at radius 2 is 1.54 bits per heavy atom. The number of azide groups is 1. The van der Waals surface area contributed by atoms with Crippen molar-refractivity contribution in [2.75, 3.05) is 51.1 Å². The second kappa shape index (κ2) is 25.2. The van der Waals surface area contributed by atoms with E-state index < -0.39 is 141 Å². The number of aromatic nitrogens is 5. The number of nitrogen functional groups attached to an aromatic ring is 2. The number of fused-ring (bicyclic) bond motifs is 1. The number of imidazole rings is 1. The molecule has 3 aromatic heterocycles. The fraction of sp³-hybridized carbons (Fsp3) is 0.489. The van der Waals surface area contributed by atoms with Gasteiger partial charge in [0.05, 0.1) is 47.7 Å². The van der Waals surface area contributed by atoms with Gasteiger partial charge in [0.2, 0.25) is 11.9 Å². The van der Waals surface area contributed by atoms with E-state index in [0.717, 1.165) is 14.4 Å². The van der Waals surface area contributed by atoms with Crippen molar-refractivity contribution in [3.63, 3.8) is 0 Å². The number of nitrogens with zero attached hydrogens (tertiary/aromatic N) is 12. The Kier molecular flexibility index (Phi) is 18.6. The molecule has 0 bridgehead atoms. The summed E-state index contributed by atoms with van der Waals surface area (Å²) in [6.07, 6.45) is -3.15. The molecule has 3 aromatic rings. The molecular formula is C47H59F5N16O14. The van der Waals surface area contributed by atoms with Crippen LogP contribution in [0.1, 0.15) is 21.6 Å². The Bertz CT molecular complexity index is 3220. The number of anilines is 2. The van der Waals surface area contributed by atoms with Crippen LogP contribution in [0.3, 0.4) is 0 Å². The Balaban J connectivity index is 0.000000180. The Hall–Kier alpha value is -7.66. The van der Waals surface area contributed by atoms with Gasteiger partial charge in [0, 0.05) is 29.7 Å². The van der Waals surface area contributed by atoms with Gasteiger partial charge >= 0.3 is 11.6 Å². The molecule has 35 heteroatoms. The Morgan fingerprint density at radius 3 is 2.06 bits per heavy atom. The minimum absolute atomic E-state index is 0.00272. The summed E-state index contributed by atoms with van der Waals surface area (Å²) in [5.41, 5.74) is 21.7. The number of alkyl halides is 5. The smallest absolute Gasteiger partial charge is 0.351 e. The van der Waals surface area contributed by atoms with E-state index in [1.54, 1.807) is 0 Å². The number of hydrogen-bond donors (Lipinski definition) is 13. The molecule has 82 heavy (non-hydrogen) atoms. The number of pyridine rings is 1. The average Bonchev–Trinajstić information content (AvgIpc) is 2.22. The maximum absolute atomic E-state index is 14.8. The minimum Gasteiger partial charge on any atom is -0.397 e. The molecule has 0 aliphatic carbocycles. The largest absolute Gasteiger partial charge is 0.397 e. The number of ether oxygens (including phenoxy) is 4. The van der Waals surface area contributed by atoms with Crippen LogP contribution in [0.25, 0.3) is 21.6 Å². The molecule has 4 saturated heterocycles. The van der Waals surface area contributed by atoms with E-state index in [4.69, 9.17) is 61.7 Å². The maximum Gasteiger partial charge on any atom is 0.351 e. The van der Waals surface area contributed by atoms with Crippen LogP contribution in [0.5, 0.6) is 0 Å². The lowest BCUT2D eigenvalue weighted by atomic mass is 9.92. The average molecular weight is 1170 g/mol. The molecule has 0 spiro atoms. The monoisotopic (exact) mass is 1170 g/mol. The third kappa shape index (κ3) is 11.7. The lowest BCUT2D eigenvalue weighted by Crippen LogP contribution is -2.50. The predicted molar refractivity (Wildman–Crippen MR) is 276 cm³/mol. The summed E-state index contributed by atoms with van der Waals surface area (Å²) in [7, 11) is 0. The molecule has 0 aromatic carbocycles. The lowest BCUT2D eigenvalue weighted by Gasteiger charge is -2.32. The number of aliphatic imine (C=N–C) groups is 2. The van der Waals surface area contributed by atoms with Crippen molar-refractivity contribution < 1.29 is 89.6 Å². The molecule has 30 nitrogen and oxygen atoms in total. The first kappa shape index (κ1) is 60.4. The number of terminal acetylenes is 1. The van der Waals surface area contributed by atoms with E-state index in [0.29, 0.717) is 11.2 Å². The number of rotatable bonds is 13. The zero-order valence-electron chi connectivity index (χ0n) is 44.7. The molecule has 6 aliphatic heterocycles. The second-order valence-corrected chi connectivity index (χ2v) is 18.5. The summed E-state index contributed by atoms with van der Waals surface area (Å²) in [5.74, 6) is -1.32. The standard InChI is InChI=1S/C13H17F2N3O3.C12H14F2N4O3.C11H15FN6O3.C11H13N3O5/c1-3-5-12(7-19)10(20)13(14,15)11(21-12)18-6-4-9(16)17-8(18)2;13-4-12(14)9(20)7(3-19)21-11(12)18-5-17-8-6(15)1-2-16-10(8)18;1-6-16-7(13)2-3-18(6)10-8(12)9(20)11(5-19,21-10)4-15-17-14;1-2-11(5-15)8(17)7(16)9(19-11)14-4-3-6(12)13-10(14)18/h3-4,6,10-11,19-20H,1-2,5,7H2,(H2,16,17);1-2,5,7,9,11,19-20H,3-4H2,(H2,15,16);2-3,8-10,19-20H,1,4-5H2,(H2,13,16);1,3-4,7-9,15-17H,5H2,(H2,12,13,18)/t10-,11-,12-;7-,9-,11?,12-;8-,9+,10-,11-;7-,8+,9-,11-/m1111/s1/i;;5D2;. The maximum atomic E-state index is 14.8. The van der Waals surface area contributed by atoms with Crippen LogP contribution in [0.4, 0.5) is 33.5 Å². The van der Waals surface area contributed by atoms with Crippen LogP contribution in [-0.2, 0) is 18.9 Å². The first-order valence-corrected chi connectivity index (χ1v) is 23.8. The highest BCUT2D eigenvalue weighted by Crippen LogP contribution is 2.47. The summed E-state index contributed by atoms with van der Waals surface area (Å²) in [5, 5.41) is 90.1. The molecule has 9 rings (SSSR count). The zero-order valence-corrected chi connectivity index (χ0v) is 42.7. The van der Waals surface area contributed by atoms with Crippen molar-refractivity contribution in [1.82, 2.24) is 33.9 Å². The SMILES string of the molecule is C#C[C@]1(CO)O[C@@H](n2ccc(N)nc2=O)[C@H](O)[C@@H]1O.C=CC[C@]1(CO)O[C@@H](N2C=CC(N)=NC2=C)C(F)(F)[C@@H]1O.Nc1ccnc2c1ncn2C1O[C@H](CO)[C@@H](O)[C@]1(F)CF.[2H]C([2H])(O)[C@@]1(CN=[N+]=[N-])O[C@@H](N2C=CC(N)=NC2=C)[C@H](F)[C@@H]1O. The Morgan fingerprint density at radius 1 is 0.890 bits per heavy atom. The van der Waals surface area contributed by atoms with Gasteiger partial charge in [0.15, 0.2) is 42.2 Å².